The van der Waals surface area contributed by atoms with Gasteiger partial charge in [0.2, 0.25) is 0 Å². The Morgan fingerprint density at radius 1 is 1.47 bits per heavy atom. The number of methoxy groups -OCH3 is 1. The summed E-state index contributed by atoms with van der Waals surface area (Å²) in [5.74, 6) is 0. The predicted molar refractivity (Wildman–Crippen MR) is 74.4 cm³/mol. The highest BCUT2D eigenvalue weighted by Crippen LogP contribution is 2.27. The van der Waals surface area contributed by atoms with Crippen LogP contribution in [0.4, 0.5) is 0 Å². The van der Waals surface area contributed by atoms with Crippen LogP contribution in [0.1, 0.15) is 32.4 Å². The molecule has 0 aliphatic rings. The van der Waals surface area contributed by atoms with Crippen molar-refractivity contribution < 1.29 is 4.74 Å². The van der Waals surface area contributed by atoms with Gasteiger partial charge in [-0.3, -0.25) is 4.90 Å². The first-order chi connectivity index (χ1) is 8.11. The zero-order chi connectivity index (χ0) is 12.8. The fourth-order valence-electron chi connectivity index (χ4n) is 2.36. The first-order valence-corrected chi connectivity index (χ1v) is 7.08. The molecule has 98 valence electrons. The molecule has 0 aliphatic heterocycles. The van der Waals surface area contributed by atoms with Gasteiger partial charge in [-0.1, -0.05) is 6.92 Å². The maximum Gasteiger partial charge on any atom is 0.0615 e. The Hall–Kier alpha value is -0.420. The summed E-state index contributed by atoms with van der Waals surface area (Å²) in [4.78, 5) is 2.41. The molecule has 0 aliphatic carbocycles. The summed E-state index contributed by atoms with van der Waals surface area (Å²) >= 11 is 1.72. The minimum Gasteiger partial charge on any atom is -0.383 e. The standard InChI is InChI=1S/C13H24N2OS/c1-5-15(10(2)8-16-4)13(11(3)14)12-6-7-17-9-12/h6-7,9-11,13H,5,8,14H2,1-4H3. The smallest absolute Gasteiger partial charge is 0.0615 e. The summed E-state index contributed by atoms with van der Waals surface area (Å²) in [5, 5.41) is 4.30. The van der Waals surface area contributed by atoms with Crippen molar-refractivity contribution in [3.05, 3.63) is 22.4 Å². The molecule has 1 rings (SSSR count). The van der Waals surface area contributed by atoms with Gasteiger partial charge in [0.05, 0.1) is 12.6 Å². The molecule has 17 heavy (non-hydrogen) atoms. The van der Waals surface area contributed by atoms with E-state index in [1.54, 1.807) is 18.4 Å². The summed E-state index contributed by atoms with van der Waals surface area (Å²) in [6.45, 7) is 8.15. The van der Waals surface area contributed by atoms with E-state index in [1.165, 1.54) is 5.56 Å². The molecule has 3 nitrogen and oxygen atoms in total. The van der Waals surface area contributed by atoms with Gasteiger partial charge in [-0.25, -0.2) is 0 Å². The van der Waals surface area contributed by atoms with E-state index in [1.807, 2.05) is 0 Å². The van der Waals surface area contributed by atoms with Gasteiger partial charge < -0.3 is 10.5 Å². The second-order valence-corrected chi connectivity index (χ2v) is 5.28. The minimum absolute atomic E-state index is 0.115. The summed E-state index contributed by atoms with van der Waals surface area (Å²) in [6.07, 6.45) is 0. The number of likely N-dealkylation sites (N-methyl/N-ethyl adjacent to an activating group) is 1. The van der Waals surface area contributed by atoms with E-state index in [0.717, 1.165) is 13.2 Å². The average Bonchev–Trinajstić information content (AvgIpc) is 2.78. The molecular weight excluding hydrogens is 232 g/mol. The Labute approximate surface area is 109 Å². The van der Waals surface area contributed by atoms with Crippen LogP contribution in [0.2, 0.25) is 0 Å². The zero-order valence-electron chi connectivity index (χ0n) is 11.2. The summed E-state index contributed by atoms with van der Waals surface area (Å²) < 4.78 is 5.25. The highest BCUT2D eigenvalue weighted by molar-refractivity contribution is 7.07. The van der Waals surface area contributed by atoms with E-state index in [2.05, 4.69) is 42.5 Å². The van der Waals surface area contributed by atoms with Gasteiger partial charge in [0.15, 0.2) is 0 Å². The molecule has 2 N–H and O–H groups in total. The molecule has 0 radical (unpaired) electrons. The molecule has 1 aromatic heterocycles. The van der Waals surface area contributed by atoms with Gasteiger partial charge in [-0.15, -0.1) is 0 Å². The summed E-state index contributed by atoms with van der Waals surface area (Å²) in [7, 11) is 1.75. The molecule has 0 amide bonds. The molecule has 3 atom stereocenters. The molecule has 0 fully saturated rings. The van der Waals surface area contributed by atoms with Gasteiger partial charge >= 0.3 is 0 Å². The average molecular weight is 256 g/mol. The first-order valence-electron chi connectivity index (χ1n) is 6.14. The van der Waals surface area contributed by atoms with E-state index in [0.29, 0.717) is 6.04 Å². The van der Waals surface area contributed by atoms with E-state index in [-0.39, 0.29) is 12.1 Å². The van der Waals surface area contributed by atoms with Crippen molar-refractivity contribution in [2.24, 2.45) is 5.73 Å². The minimum atomic E-state index is 0.115. The molecule has 1 aromatic rings. The molecule has 3 unspecified atom stereocenters. The third kappa shape index (κ3) is 3.78. The number of hydrogen-bond acceptors (Lipinski definition) is 4. The maximum atomic E-state index is 6.16. The number of nitrogens with two attached hydrogens (primary N) is 1. The lowest BCUT2D eigenvalue weighted by Crippen LogP contribution is -2.45. The van der Waals surface area contributed by atoms with Gasteiger partial charge in [-0.2, -0.15) is 11.3 Å². The number of ether oxygens (including phenoxy) is 1. The zero-order valence-corrected chi connectivity index (χ0v) is 12.0. The number of hydrogen-bond donors (Lipinski definition) is 1. The largest absolute Gasteiger partial charge is 0.383 e. The maximum absolute atomic E-state index is 6.16. The molecule has 0 bridgehead atoms. The topological polar surface area (TPSA) is 38.5 Å². The highest BCUT2D eigenvalue weighted by atomic mass is 32.1. The number of nitrogens with zero attached hydrogens (tertiary/aromatic N) is 1. The van der Waals surface area contributed by atoms with Gasteiger partial charge in [-0.05, 0) is 42.8 Å². The van der Waals surface area contributed by atoms with E-state index >= 15 is 0 Å². The van der Waals surface area contributed by atoms with Crippen molar-refractivity contribution in [3.8, 4) is 0 Å². The van der Waals surface area contributed by atoms with Crippen LogP contribution in [-0.2, 0) is 4.74 Å². The first kappa shape index (κ1) is 14.6. The summed E-state index contributed by atoms with van der Waals surface area (Å²) in [6, 6.07) is 2.93. The SMILES string of the molecule is CCN(C(C)COC)C(c1ccsc1)C(C)N. The van der Waals surface area contributed by atoms with Crippen molar-refractivity contribution in [1.29, 1.82) is 0 Å². The van der Waals surface area contributed by atoms with E-state index in [4.69, 9.17) is 10.5 Å². The van der Waals surface area contributed by atoms with Crippen molar-refractivity contribution >= 4 is 11.3 Å². The third-order valence-electron chi connectivity index (χ3n) is 3.08. The second kappa shape index (κ2) is 7.11. The Morgan fingerprint density at radius 3 is 2.59 bits per heavy atom. The molecule has 0 spiro atoms. The molecular formula is C13H24N2OS. The van der Waals surface area contributed by atoms with Gasteiger partial charge in [0, 0.05) is 19.2 Å². The highest BCUT2D eigenvalue weighted by Gasteiger charge is 2.26. The Balaban J connectivity index is 2.88. The number of rotatable bonds is 7. The Kier molecular flexibility index (Phi) is 6.12. The van der Waals surface area contributed by atoms with Crippen LogP contribution in [0, 0.1) is 0 Å². The van der Waals surface area contributed by atoms with E-state index in [9.17, 15) is 0 Å². The van der Waals surface area contributed by atoms with Crippen LogP contribution >= 0.6 is 11.3 Å². The van der Waals surface area contributed by atoms with Crippen LogP contribution in [0.15, 0.2) is 16.8 Å². The predicted octanol–water partition coefficient (Wildman–Crippen LogP) is 2.49. The van der Waals surface area contributed by atoms with Crippen LogP contribution < -0.4 is 5.73 Å². The molecule has 0 saturated carbocycles. The lowest BCUT2D eigenvalue weighted by molar-refractivity contribution is 0.0656. The van der Waals surface area contributed by atoms with Crippen LogP contribution in [-0.4, -0.2) is 37.2 Å². The molecule has 1 heterocycles. The van der Waals surface area contributed by atoms with E-state index < -0.39 is 0 Å². The molecule has 0 aromatic carbocycles. The summed E-state index contributed by atoms with van der Waals surface area (Å²) in [5.41, 5.74) is 7.48. The number of thiophene rings is 1. The second-order valence-electron chi connectivity index (χ2n) is 4.50. The van der Waals surface area contributed by atoms with Crippen molar-refractivity contribution in [3.63, 3.8) is 0 Å². The Morgan fingerprint density at radius 2 is 2.18 bits per heavy atom. The normalized spacial score (nSPS) is 17.1. The van der Waals surface area contributed by atoms with Crippen LogP contribution in [0.5, 0.6) is 0 Å². The fourth-order valence-corrected chi connectivity index (χ4v) is 3.05. The fraction of sp³-hybridized carbons (Fsp3) is 0.692. The van der Waals surface area contributed by atoms with Gasteiger partial charge in [0.1, 0.15) is 0 Å². The lowest BCUT2D eigenvalue weighted by Gasteiger charge is -2.37. The van der Waals surface area contributed by atoms with Crippen molar-refractivity contribution in [2.75, 3.05) is 20.3 Å². The van der Waals surface area contributed by atoms with Crippen LogP contribution in [0.25, 0.3) is 0 Å². The molecule has 0 saturated heterocycles. The van der Waals surface area contributed by atoms with Gasteiger partial charge in [0.25, 0.3) is 0 Å². The Bertz CT molecular complexity index is 300. The van der Waals surface area contributed by atoms with Crippen molar-refractivity contribution in [1.82, 2.24) is 4.90 Å². The van der Waals surface area contributed by atoms with Crippen LogP contribution in [0.3, 0.4) is 0 Å². The quantitative estimate of drug-likeness (QED) is 0.814. The molecule has 4 heteroatoms. The lowest BCUT2D eigenvalue weighted by atomic mass is 10.0. The third-order valence-corrected chi connectivity index (χ3v) is 3.78. The monoisotopic (exact) mass is 256 g/mol. The van der Waals surface area contributed by atoms with Crippen molar-refractivity contribution in [2.45, 2.75) is 38.9 Å².